The van der Waals surface area contributed by atoms with E-state index in [1.807, 2.05) is 0 Å². The summed E-state index contributed by atoms with van der Waals surface area (Å²) in [5.74, 6) is 0. The van der Waals surface area contributed by atoms with Crippen LogP contribution < -0.4 is 4.72 Å². The average molecular weight is 286 g/mol. The van der Waals surface area contributed by atoms with Gasteiger partial charge in [0.25, 0.3) is 0 Å². The highest BCUT2D eigenvalue weighted by molar-refractivity contribution is 7.89. The highest BCUT2D eigenvalue weighted by atomic mass is 35.5. The normalized spacial score (nSPS) is 11.7. The molecule has 0 aliphatic carbocycles. The van der Waals surface area contributed by atoms with Crippen molar-refractivity contribution in [2.24, 2.45) is 7.05 Å². The van der Waals surface area contributed by atoms with E-state index in [9.17, 15) is 8.42 Å². The Morgan fingerprint density at radius 3 is 2.50 bits per heavy atom. The van der Waals surface area contributed by atoms with Crippen molar-refractivity contribution in [3.05, 3.63) is 47.2 Å². The molecule has 1 aromatic carbocycles. The maximum atomic E-state index is 11.9. The van der Waals surface area contributed by atoms with Crippen molar-refractivity contribution in [1.82, 2.24) is 14.5 Å². The van der Waals surface area contributed by atoms with E-state index in [1.54, 1.807) is 24.0 Å². The third kappa shape index (κ3) is 3.10. The van der Waals surface area contributed by atoms with Crippen LogP contribution in [0.2, 0.25) is 5.02 Å². The van der Waals surface area contributed by atoms with Gasteiger partial charge in [-0.1, -0.05) is 11.6 Å². The Morgan fingerprint density at radius 2 is 1.94 bits per heavy atom. The molecule has 0 aliphatic rings. The van der Waals surface area contributed by atoms with E-state index in [2.05, 4.69) is 9.82 Å². The number of benzene rings is 1. The van der Waals surface area contributed by atoms with Crippen LogP contribution in [0.1, 0.15) is 5.69 Å². The van der Waals surface area contributed by atoms with Crippen LogP contribution >= 0.6 is 11.6 Å². The number of nitrogens with zero attached hydrogens (tertiary/aromatic N) is 2. The molecule has 0 spiro atoms. The quantitative estimate of drug-likeness (QED) is 0.927. The first-order chi connectivity index (χ1) is 8.47. The van der Waals surface area contributed by atoms with Crippen molar-refractivity contribution in [1.29, 1.82) is 0 Å². The van der Waals surface area contributed by atoms with E-state index in [1.165, 1.54) is 24.3 Å². The molecule has 18 heavy (non-hydrogen) atoms. The molecule has 0 unspecified atom stereocenters. The molecular weight excluding hydrogens is 274 g/mol. The highest BCUT2D eigenvalue weighted by Crippen LogP contribution is 2.14. The number of aromatic nitrogens is 2. The van der Waals surface area contributed by atoms with Crippen LogP contribution in [0.15, 0.2) is 41.4 Å². The molecule has 2 rings (SSSR count). The van der Waals surface area contributed by atoms with Gasteiger partial charge in [0.05, 0.1) is 17.1 Å². The summed E-state index contributed by atoms with van der Waals surface area (Å²) in [7, 11) is -1.75. The van der Waals surface area contributed by atoms with Crippen molar-refractivity contribution < 1.29 is 8.42 Å². The van der Waals surface area contributed by atoms with Gasteiger partial charge >= 0.3 is 0 Å². The summed E-state index contributed by atoms with van der Waals surface area (Å²) >= 11 is 5.71. The van der Waals surface area contributed by atoms with Gasteiger partial charge in [0.1, 0.15) is 0 Å². The molecule has 1 heterocycles. The fraction of sp³-hybridized carbons (Fsp3) is 0.182. The third-order valence-electron chi connectivity index (χ3n) is 2.34. The topological polar surface area (TPSA) is 64.0 Å². The average Bonchev–Trinajstić information content (AvgIpc) is 2.73. The van der Waals surface area contributed by atoms with E-state index in [4.69, 9.17) is 11.6 Å². The summed E-state index contributed by atoms with van der Waals surface area (Å²) < 4.78 is 28.0. The molecule has 2 aromatic rings. The van der Waals surface area contributed by atoms with E-state index in [0.717, 1.165) is 0 Å². The van der Waals surface area contributed by atoms with Crippen molar-refractivity contribution in [3.8, 4) is 0 Å². The number of nitrogens with one attached hydrogen (secondary N) is 1. The Hall–Kier alpha value is -1.37. The van der Waals surface area contributed by atoms with E-state index < -0.39 is 10.0 Å². The molecule has 0 fully saturated rings. The molecule has 0 saturated carbocycles. The molecular formula is C11H12ClN3O2S. The summed E-state index contributed by atoms with van der Waals surface area (Å²) in [6.07, 6.45) is 1.76. The Bertz CT molecular complexity index is 635. The summed E-state index contributed by atoms with van der Waals surface area (Å²) in [6.45, 7) is 0.159. The molecule has 0 bridgehead atoms. The predicted octanol–water partition coefficient (Wildman–Crippen LogP) is 1.55. The Kier molecular flexibility index (Phi) is 3.70. The number of aryl methyl sites for hydroxylation is 1. The van der Waals surface area contributed by atoms with E-state index >= 15 is 0 Å². The minimum absolute atomic E-state index is 0.159. The molecule has 0 aliphatic heterocycles. The van der Waals surface area contributed by atoms with Crippen LogP contribution in [0.25, 0.3) is 0 Å². The molecule has 0 saturated heterocycles. The van der Waals surface area contributed by atoms with Gasteiger partial charge in [0.15, 0.2) is 0 Å². The number of sulfonamides is 1. The van der Waals surface area contributed by atoms with Crippen LogP contribution in [-0.2, 0) is 23.6 Å². The molecule has 0 amide bonds. The van der Waals surface area contributed by atoms with Gasteiger partial charge in [-0.2, -0.15) is 5.10 Å². The zero-order chi connectivity index (χ0) is 13.2. The largest absolute Gasteiger partial charge is 0.276 e. The Labute approximate surface area is 110 Å². The fourth-order valence-electron chi connectivity index (χ4n) is 1.42. The van der Waals surface area contributed by atoms with Crippen molar-refractivity contribution >= 4 is 21.6 Å². The molecule has 1 N–H and O–H groups in total. The monoisotopic (exact) mass is 285 g/mol. The summed E-state index contributed by atoms with van der Waals surface area (Å²) in [4.78, 5) is 0.183. The highest BCUT2D eigenvalue weighted by Gasteiger charge is 2.13. The minimum atomic E-state index is -3.52. The molecule has 1 aromatic heterocycles. The molecule has 7 heteroatoms. The minimum Gasteiger partial charge on any atom is -0.276 e. The Balaban J connectivity index is 2.10. The zero-order valence-corrected chi connectivity index (χ0v) is 11.2. The van der Waals surface area contributed by atoms with E-state index in [0.29, 0.717) is 10.7 Å². The maximum absolute atomic E-state index is 11.9. The second kappa shape index (κ2) is 5.09. The van der Waals surface area contributed by atoms with Crippen molar-refractivity contribution in [3.63, 3.8) is 0 Å². The summed E-state index contributed by atoms with van der Waals surface area (Å²) in [5, 5.41) is 4.59. The number of hydrogen-bond acceptors (Lipinski definition) is 3. The third-order valence-corrected chi connectivity index (χ3v) is 4.01. The molecule has 0 radical (unpaired) electrons. The maximum Gasteiger partial charge on any atom is 0.240 e. The lowest BCUT2D eigenvalue weighted by atomic mass is 10.4. The predicted molar refractivity (Wildman–Crippen MR) is 68.7 cm³/mol. The lowest BCUT2D eigenvalue weighted by Gasteiger charge is -2.05. The SMILES string of the molecule is Cn1ccc(CNS(=O)(=O)c2ccc(Cl)cc2)n1. The standard InChI is InChI=1S/C11H12ClN3O2S/c1-15-7-6-10(14-15)8-13-18(16,17)11-4-2-9(12)3-5-11/h2-7,13H,8H2,1H3. The van der Waals surface area contributed by atoms with Gasteiger partial charge in [0.2, 0.25) is 10.0 Å². The lowest BCUT2D eigenvalue weighted by molar-refractivity contribution is 0.579. The van der Waals surface area contributed by atoms with Crippen LogP contribution in [0.3, 0.4) is 0 Å². The first-order valence-electron chi connectivity index (χ1n) is 5.21. The first kappa shape index (κ1) is 13.1. The van der Waals surface area contributed by atoms with Gasteiger partial charge in [-0.25, -0.2) is 13.1 Å². The molecule has 0 atom stereocenters. The van der Waals surface area contributed by atoms with Gasteiger partial charge < -0.3 is 0 Å². The van der Waals surface area contributed by atoms with Crippen molar-refractivity contribution in [2.75, 3.05) is 0 Å². The summed E-state index contributed by atoms with van der Waals surface area (Å²) in [6, 6.07) is 7.75. The van der Waals surface area contributed by atoms with Gasteiger partial charge in [-0.15, -0.1) is 0 Å². The lowest BCUT2D eigenvalue weighted by Crippen LogP contribution is -2.23. The van der Waals surface area contributed by atoms with Crippen LogP contribution in [0, 0.1) is 0 Å². The van der Waals surface area contributed by atoms with Gasteiger partial charge in [0, 0.05) is 18.3 Å². The first-order valence-corrected chi connectivity index (χ1v) is 7.07. The fourth-order valence-corrected chi connectivity index (χ4v) is 2.55. The second-order valence-corrected chi connectivity index (χ2v) is 5.96. The smallest absolute Gasteiger partial charge is 0.240 e. The molecule has 96 valence electrons. The Morgan fingerprint density at radius 1 is 1.28 bits per heavy atom. The number of hydrogen-bond donors (Lipinski definition) is 1. The van der Waals surface area contributed by atoms with Gasteiger partial charge in [-0.05, 0) is 30.3 Å². The number of halogens is 1. The van der Waals surface area contributed by atoms with Crippen LogP contribution in [-0.4, -0.2) is 18.2 Å². The zero-order valence-electron chi connectivity index (χ0n) is 9.67. The van der Waals surface area contributed by atoms with E-state index in [-0.39, 0.29) is 11.4 Å². The number of rotatable bonds is 4. The molecule has 5 nitrogen and oxygen atoms in total. The van der Waals surface area contributed by atoms with Gasteiger partial charge in [-0.3, -0.25) is 4.68 Å². The summed E-state index contributed by atoms with van der Waals surface area (Å²) in [5.41, 5.74) is 0.662. The van der Waals surface area contributed by atoms with Crippen LogP contribution in [0.5, 0.6) is 0 Å². The van der Waals surface area contributed by atoms with Crippen LogP contribution in [0.4, 0.5) is 0 Å². The van der Waals surface area contributed by atoms with Crippen molar-refractivity contribution in [2.45, 2.75) is 11.4 Å². The second-order valence-electron chi connectivity index (χ2n) is 3.76.